The summed E-state index contributed by atoms with van der Waals surface area (Å²) in [6, 6.07) is 6.17. The maximum absolute atomic E-state index is 11.6. The Labute approximate surface area is 124 Å². The minimum Gasteiger partial charge on any atom is -0.496 e. The predicted molar refractivity (Wildman–Crippen MR) is 76.9 cm³/mol. The second kappa shape index (κ2) is 6.03. The Hall–Kier alpha value is -1.59. The molecule has 3 rings (SSSR count). The number of methoxy groups -OCH3 is 2. The molecule has 0 unspecified atom stereocenters. The Morgan fingerprint density at radius 3 is 2.90 bits per heavy atom. The van der Waals surface area contributed by atoms with Gasteiger partial charge in [0.15, 0.2) is 0 Å². The molecule has 0 bridgehead atoms. The number of likely N-dealkylation sites (tertiary alicyclic amines) is 1. The molecule has 2 fully saturated rings. The molecule has 0 N–H and O–H groups in total. The van der Waals surface area contributed by atoms with E-state index in [-0.39, 0.29) is 11.9 Å². The summed E-state index contributed by atoms with van der Waals surface area (Å²) in [6.45, 7) is 3.70. The molecule has 2 atom stereocenters. The highest BCUT2D eigenvalue weighted by molar-refractivity contribution is 5.75. The third-order valence-corrected chi connectivity index (χ3v) is 4.31. The average Bonchev–Trinajstić information content (AvgIpc) is 3.02. The summed E-state index contributed by atoms with van der Waals surface area (Å²) in [5.74, 6) is 1.26. The lowest BCUT2D eigenvalue weighted by atomic mass is 10.0. The van der Waals surface area contributed by atoms with E-state index >= 15 is 0 Å². The lowest BCUT2D eigenvalue weighted by Gasteiger charge is -2.18. The van der Waals surface area contributed by atoms with Gasteiger partial charge in [-0.2, -0.15) is 0 Å². The van der Waals surface area contributed by atoms with Crippen molar-refractivity contribution in [2.45, 2.75) is 13.2 Å². The molecule has 5 nitrogen and oxygen atoms in total. The van der Waals surface area contributed by atoms with Crippen LogP contribution in [0.5, 0.6) is 5.75 Å². The van der Waals surface area contributed by atoms with Crippen LogP contribution in [0.2, 0.25) is 0 Å². The number of rotatable bonds is 5. The molecule has 2 heterocycles. The number of carbonyl (C=O) groups excluding carboxylic acids is 1. The van der Waals surface area contributed by atoms with Crippen LogP contribution in [0.4, 0.5) is 0 Å². The van der Waals surface area contributed by atoms with Crippen LogP contribution in [-0.2, 0) is 27.4 Å². The first-order chi connectivity index (χ1) is 10.2. The molecule has 0 aliphatic carbocycles. The van der Waals surface area contributed by atoms with Gasteiger partial charge in [0.1, 0.15) is 5.75 Å². The van der Waals surface area contributed by atoms with E-state index < -0.39 is 0 Å². The van der Waals surface area contributed by atoms with Crippen LogP contribution < -0.4 is 4.74 Å². The Morgan fingerprint density at radius 1 is 1.33 bits per heavy atom. The standard InChI is InChI=1S/C16H21NO4/c1-19-9-12-5-11(3-4-15(12)20-2)6-17-7-13-10-21-16(18)14(13)8-17/h3-5,13-14H,6-10H2,1-2H3/t13-,14-/m1/s1. The van der Waals surface area contributed by atoms with Gasteiger partial charge in [0.05, 0.1) is 26.2 Å². The van der Waals surface area contributed by atoms with Gasteiger partial charge in [-0.15, -0.1) is 0 Å². The molecule has 21 heavy (non-hydrogen) atoms. The van der Waals surface area contributed by atoms with Crippen molar-refractivity contribution in [1.29, 1.82) is 0 Å². The van der Waals surface area contributed by atoms with Gasteiger partial charge in [-0.1, -0.05) is 6.07 Å². The highest BCUT2D eigenvalue weighted by Crippen LogP contribution is 2.31. The maximum Gasteiger partial charge on any atom is 0.310 e. The molecule has 114 valence electrons. The van der Waals surface area contributed by atoms with Crippen molar-refractivity contribution in [1.82, 2.24) is 4.90 Å². The van der Waals surface area contributed by atoms with Crippen LogP contribution >= 0.6 is 0 Å². The molecule has 1 aromatic rings. The van der Waals surface area contributed by atoms with Crippen LogP contribution in [-0.4, -0.2) is 44.8 Å². The number of hydrogen-bond donors (Lipinski definition) is 0. The summed E-state index contributed by atoms with van der Waals surface area (Å²) >= 11 is 0. The van der Waals surface area contributed by atoms with E-state index in [9.17, 15) is 4.79 Å². The first-order valence-electron chi connectivity index (χ1n) is 7.25. The number of benzene rings is 1. The fourth-order valence-corrected chi connectivity index (χ4v) is 3.28. The van der Waals surface area contributed by atoms with Crippen molar-refractivity contribution >= 4 is 5.97 Å². The molecule has 2 saturated heterocycles. The average molecular weight is 291 g/mol. The zero-order chi connectivity index (χ0) is 14.8. The van der Waals surface area contributed by atoms with E-state index in [0.717, 1.165) is 30.9 Å². The fraction of sp³-hybridized carbons (Fsp3) is 0.562. The van der Waals surface area contributed by atoms with Crippen LogP contribution in [0.1, 0.15) is 11.1 Å². The summed E-state index contributed by atoms with van der Waals surface area (Å²) in [5.41, 5.74) is 2.27. The van der Waals surface area contributed by atoms with Crippen molar-refractivity contribution in [3.05, 3.63) is 29.3 Å². The molecule has 0 aromatic heterocycles. The first-order valence-corrected chi connectivity index (χ1v) is 7.25. The van der Waals surface area contributed by atoms with Gasteiger partial charge in [0.25, 0.3) is 0 Å². The van der Waals surface area contributed by atoms with Crippen molar-refractivity contribution in [3.63, 3.8) is 0 Å². The largest absolute Gasteiger partial charge is 0.496 e. The molecule has 0 saturated carbocycles. The van der Waals surface area contributed by atoms with Crippen molar-refractivity contribution in [2.75, 3.05) is 33.9 Å². The van der Waals surface area contributed by atoms with Crippen LogP contribution in [0.15, 0.2) is 18.2 Å². The highest BCUT2D eigenvalue weighted by Gasteiger charge is 2.43. The number of carbonyl (C=O) groups is 1. The van der Waals surface area contributed by atoms with E-state index in [4.69, 9.17) is 14.2 Å². The van der Waals surface area contributed by atoms with Gasteiger partial charge in [0.2, 0.25) is 0 Å². The quantitative estimate of drug-likeness (QED) is 0.768. The second-order valence-electron chi connectivity index (χ2n) is 5.77. The number of fused-ring (bicyclic) bond motifs is 1. The molecular weight excluding hydrogens is 270 g/mol. The summed E-state index contributed by atoms with van der Waals surface area (Å²) in [7, 11) is 3.35. The molecule has 5 heteroatoms. The Kier molecular flexibility index (Phi) is 4.12. The predicted octanol–water partition coefficient (Wildman–Crippen LogP) is 1.45. The topological polar surface area (TPSA) is 48.0 Å². The Balaban J connectivity index is 1.68. The van der Waals surface area contributed by atoms with Gasteiger partial charge >= 0.3 is 5.97 Å². The number of nitrogens with zero attached hydrogens (tertiary/aromatic N) is 1. The maximum atomic E-state index is 11.6. The lowest BCUT2D eigenvalue weighted by molar-refractivity contribution is -0.141. The van der Waals surface area contributed by atoms with Gasteiger partial charge in [-0.25, -0.2) is 0 Å². The monoisotopic (exact) mass is 291 g/mol. The first kappa shape index (κ1) is 14.4. The zero-order valence-corrected chi connectivity index (χ0v) is 12.5. The van der Waals surface area contributed by atoms with Crippen LogP contribution in [0.3, 0.4) is 0 Å². The van der Waals surface area contributed by atoms with Crippen LogP contribution in [0.25, 0.3) is 0 Å². The van der Waals surface area contributed by atoms with E-state index in [2.05, 4.69) is 17.0 Å². The number of esters is 1. The summed E-state index contributed by atoms with van der Waals surface area (Å²) in [5, 5.41) is 0. The Bertz CT molecular complexity index is 531. The molecule has 0 amide bonds. The van der Waals surface area contributed by atoms with Crippen molar-refractivity contribution in [2.24, 2.45) is 11.8 Å². The molecule has 0 spiro atoms. The molecule has 1 aromatic carbocycles. The highest BCUT2D eigenvalue weighted by atomic mass is 16.5. The number of cyclic esters (lactones) is 1. The smallest absolute Gasteiger partial charge is 0.310 e. The number of ether oxygens (including phenoxy) is 3. The summed E-state index contributed by atoms with van der Waals surface area (Å²) < 4.78 is 15.7. The normalized spacial score (nSPS) is 25.0. The van der Waals surface area contributed by atoms with Crippen molar-refractivity contribution < 1.29 is 19.0 Å². The summed E-state index contributed by atoms with van der Waals surface area (Å²) in [6.07, 6.45) is 0. The van der Waals surface area contributed by atoms with Gasteiger partial charge in [0, 0.05) is 38.2 Å². The number of hydrogen-bond acceptors (Lipinski definition) is 5. The third-order valence-electron chi connectivity index (χ3n) is 4.31. The van der Waals surface area contributed by atoms with Gasteiger partial charge in [-0.3, -0.25) is 9.69 Å². The minimum atomic E-state index is -0.0303. The van der Waals surface area contributed by atoms with Gasteiger partial charge in [-0.05, 0) is 17.7 Å². The zero-order valence-electron chi connectivity index (χ0n) is 12.5. The van der Waals surface area contributed by atoms with E-state index in [1.807, 2.05) is 6.07 Å². The van der Waals surface area contributed by atoms with E-state index in [1.165, 1.54) is 5.56 Å². The lowest BCUT2D eigenvalue weighted by Crippen LogP contribution is -2.23. The third kappa shape index (κ3) is 2.89. The SMILES string of the molecule is COCc1cc(CN2C[C@@H]3COC(=O)[C@@H]3C2)ccc1OC. The van der Waals surface area contributed by atoms with E-state index in [1.54, 1.807) is 14.2 Å². The van der Waals surface area contributed by atoms with Gasteiger partial charge < -0.3 is 14.2 Å². The Morgan fingerprint density at radius 2 is 2.19 bits per heavy atom. The second-order valence-corrected chi connectivity index (χ2v) is 5.77. The fourth-order valence-electron chi connectivity index (χ4n) is 3.28. The minimum absolute atomic E-state index is 0.0303. The molecule has 2 aliphatic heterocycles. The molecular formula is C16H21NO4. The molecule has 2 aliphatic rings. The molecule has 0 radical (unpaired) electrons. The van der Waals surface area contributed by atoms with Crippen LogP contribution in [0, 0.1) is 11.8 Å². The summed E-state index contributed by atoms with van der Waals surface area (Å²) in [4.78, 5) is 13.9. The van der Waals surface area contributed by atoms with E-state index in [0.29, 0.717) is 19.1 Å². The van der Waals surface area contributed by atoms with Crippen molar-refractivity contribution in [3.8, 4) is 5.75 Å².